The number of carbonyl (C=O) groups excluding carboxylic acids is 3. The van der Waals surface area contributed by atoms with Gasteiger partial charge in [-0.05, 0) is 44.2 Å². The summed E-state index contributed by atoms with van der Waals surface area (Å²) in [6.45, 7) is 6.57. The molecule has 0 bridgehead atoms. The van der Waals surface area contributed by atoms with Gasteiger partial charge in [0.1, 0.15) is 6.04 Å². The summed E-state index contributed by atoms with van der Waals surface area (Å²) in [4.78, 5) is 44.6. The molecule has 8 heteroatoms. The molecular formula is C21H29N5O3. The van der Waals surface area contributed by atoms with E-state index in [1.54, 1.807) is 0 Å². The number of para-hydroxylation sites is 2. The van der Waals surface area contributed by atoms with Crippen molar-refractivity contribution in [1.82, 2.24) is 25.9 Å². The molecule has 29 heavy (non-hydrogen) atoms. The molecule has 1 saturated heterocycles. The Balaban J connectivity index is 1.63. The van der Waals surface area contributed by atoms with Crippen molar-refractivity contribution >= 4 is 28.8 Å². The van der Waals surface area contributed by atoms with Crippen molar-refractivity contribution in [1.29, 1.82) is 0 Å². The van der Waals surface area contributed by atoms with Crippen molar-refractivity contribution in [3.05, 3.63) is 30.1 Å². The number of nitrogens with one attached hydrogen (secondary N) is 4. The second-order valence-corrected chi connectivity index (χ2v) is 8.18. The monoisotopic (exact) mass is 399 g/mol. The highest BCUT2D eigenvalue weighted by Gasteiger charge is 2.29. The van der Waals surface area contributed by atoms with Crippen LogP contribution >= 0.6 is 0 Å². The molecule has 2 heterocycles. The summed E-state index contributed by atoms with van der Waals surface area (Å²) in [7, 11) is 0. The minimum absolute atomic E-state index is 0.0445. The minimum atomic E-state index is -0.671. The quantitative estimate of drug-likeness (QED) is 0.541. The van der Waals surface area contributed by atoms with Crippen molar-refractivity contribution in [3.8, 4) is 0 Å². The third kappa shape index (κ3) is 5.34. The lowest BCUT2D eigenvalue weighted by Gasteiger charge is -2.23. The average Bonchev–Trinajstić information content (AvgIpc) is 3.27. The van der Waals surface area contributed by atoms with E-state index in [2.05, 4.69) is 25.9 Å². The number of aromatic nitrogens is 2. The summed E-state index contributed by atoms with van der Waals surface area (Å²) in [5.41, 5.74) is 1.47. The summed E-state index contributed by atoms with van der Waals surface area (Å²) in [6, 6.07) is 6.56. The van der Waals surface area contributed by atoms with E-state index >= 15 is 0 Å². The third-order valence-corrected chi connectivity index (χ3v) is 5.12. The van der Waals surface area contributed by atoms with Gasteiger partial charge in [-0.3, -0.25) is 14.4 Å². The highest BCUT2D eigenvalue weighted by Crippen LogP contribution is 2.16. The van der Waals surface area contributed by atoms with E-state index in [0.717, 1.165) is 11.9 Å². The summed E-state index contributed by atoms with van der Waals surface area (Å²) in [5.74, 6) is -0.276. The molecule has 4 N–H and O–H groups in total. The molecule has 0 radical (unpaired) electrons. The molecule has 0 spiro atoms. The number of rotatable bonds is 8. The van der Waals surface area contributed by atoms with E-state index in [-0.39, 0.29) is 35.5 Å². The van der Waals surface area contributed by atoms with Crippen molar-refractivity contribution in [2.24, 2.45) is 11.8 Å². The van der Waals surface area contributed by atoms with Gasteiger partial charge >= 0.3 is 0 Å². The predicted octanol–water partition coefficient (Wildman–Crippen LogP) is 1.74. The van der Waals surface area contributed by atoms with Gasteiger partial charge in [-0.15, -0.1) is 0 Å². The first-order chi connectivity index (χ1) is 13.8. The van der Waals surface area contributed by atoms with Crippen molar-refractivity contribution in [2.75, 3.05) is 6.54 Å². The van der Waals surface area contributed by atoms with E-state index in [1.807, 2.05) is 45.0 Å². The molecular weight excluding hydrogens is 370 g/mol. The highest BCUT2D eigenvalue weighted by atomic mass is 16.2. The Kier molecular flexibility index (Phi) is 6.51. The van der Waals surface area contributed by atoms with Crippen molar-refractivity contribution in [3.63, 3.8) is 0 Å². The average molecular weight is 399 g/mol. The number of hydrogen-bond acceptors (Lipinski definition) is 4. The molecule has 0 saturated carbocycles. The summed E-state index contributed by atoms with van der Waals surface area (Å²) >= 11 is 0. The van der Waals surface area contributed by atoms with Crippen LogP contribution in [0.1, 0.15) is 50.7 Å². The fraction of sp³-hybridized carbons (Fsp3) is 0.524. The Morgan fingerprint density at radius 1 is 1.21 bits per heavy atom. The fourth-order valence-corrected chi connectivity index (χ4v) is 3.69. The molecule has 1 fully saturated rings. The van der Waals surface area contributed by atoms with E-state index in [0.29, 0.717) is 24.9 Å². The number of benzene rings is 1. The first kappa shape index (κ1) is 20.8. The molecule has 3 atom stereocenters. The second-order valence-electron chi connectivity index (χ2n) is 8.18. The first-order valence-electron chi connectivity index (χ1n) is 10.2. The molecule has 1 aromatic carbocycles. The van der Waals surface area contributed by atoms with Crippen LogP contribution in [0.25, 0.3) is 11.0 Å². The standard InChI is InChI=1S/C21H29N5O3/c1-12(2)10-17(20(28)23-13(3)11-14-8-9-22-19(14)27)26-21(29)18-24-15-6-4-5-7-16(15)25-18/h4-7,12-14,17H,8-11H2,1-3H3,(H,22,27)(H,23,28)(H,24,25)(H,26,29). The van der Waals surface area contributed by atoms with Gasteiger partial charge in [-0.25, -0.2) is 4.98 Å². The third-order valence-electron chi connectivity index (χ3n) is 5.12. The summed E-state index contributed by atoms with van der Waals surface area (Å²) in [6.07, 6.45) is 1.88. The minimum Gasteiger partial charge on any atom is -0.356 e. The van der Waals surface area contributed by atoms with Gasteiger partial charge in [0, 0.05) is 18.5 Å². The number of amides is 3. The summed E-state index contributed by atoms with van der Waals surface area (Å²) < 4.78 is 0. The molecule has 3 amide bonds. The molecule has 1 aliphatic heterocycles. The van der Waals surface area contributed by atoms with Crippen LogP contribution in [0.15, 0.2) is 24.3 Å². The number of H-pyrrole nitrogens is 1. The second kappa shape index (κ2) is 9.07. The predicted molar refractivity (Wildman–Crippen MR) is 110 cm³/mol. The number of aromatic amines is 1. The van der Waals surface area contributed by atoms with Crippen molar-refractivity contribution in [2.45, 2.75) is 52.1 Å². The normalized spacial score (nSPS) is 18.5. The first-order valence-corrected chi connectivity index (χ1v) is 10.2. The van der Waals surface area contributed by atoms with Crippen LogP contribution in [0.2, 0.25) is 0 Å². The van der Waals surface area contributed by atoms with Crippen LogP contribution in [-0.4, -0.2) is 46.3 Å². The molecule has 3 rings (SSSR count). The van der Waals surface area contributed by atoms with E-state index in [9.17, 15) is 14.4 Å². The van der Waals surface area contributed by atoms with Gasteiger partial charge < -0.3 is 20.9 Å². The molecule has 156 valence electrons. The number of hydrogen-bond donors (Lipinski definition) is 4. The van der Waals surface area contributed by atoms with Crippen LogP contribution in [0, 0.1) is 11.8 Å². The largest absolute Gasteiger partial charge is 0.356 e. The van der Waals surface area contributed by atoms with Gasteiger partial charge in [0.2, 0.25) is 11.8 Å². The zero-order valence-electron chi connectivity index (χ0n) is 17.1. The molecule has 1 aromatic heterocycles. The lowest BCUT2D eigenvalue weighted by Crippen LogP contribution is -2.50. The maximum atomic E-state index is 12.8. The zero-order chi connectivity index (χ0) is 21.0. The lowest BCUT2D eigenvalue weighted by molar-refractivity contribution is -0.125. The van der Waals surface area contributed by atoms with Gasteiger partial charge in [0.15, 0.2) is 5.82 Å². The molecule has 2 aromatic rings. The van der Waals surface area contributed by atoms with Gasteiger partial charge in [0.05, 0.1) is 11.0 Å². The number of imidazole rings is 1. The summed E-state index contributed by atoms with van der Waals surface area (Å²) in [5, 5.41) is 8.57. The smallest absolute Gasteiger partial charge is 0.287 e. The number of fused-ring (bicyclic) bond motifs is 1. The molecule has 0 aliphatic carbocycles. The Bertz CT molecular complexity index is 858. The van der Waals surface area contributed by atoms with E-state index in [4.69, 9.17) is 0 Å². The number of nitrogens with zero attached hydrogens (tertiary/aromatic N) is 1. The lowest BCUT2D eigenvalue weighted by atomic mass is 9.98. The van der Waals surface area contributed by atoms with Crippen LogP contribution in [0.3, 0.4) is 0 Å². The van der Waals surface area contributed by atoms with Gasteiger partial charge in [-0.2, -0.15) is 0 Å². The van der Waals surface area contributed by atoms with Crippen LogP contribution < -0.4 is 16.0 Å². The van der Waals surface area contributed by atoms with Crippen LogP contribution in [-0.2, 0) is 9.59 Å². The van der Waals surface area contributed by atoms with E-state index in [1.165, 1.54) is 0 Å². The SMILES string of the molecule is CC(C)CC(NC(=O)c1nc2ccccc2[nH]1)C(=O)NC(C)CC1CCNC1=O. The van der Waals surface area contributed by atoms with Crippen LogP contribution in [0.4, 0.5) is 0 Å². The topological polar surface area (TPSA) is 116 Å². The fourth-order valence-electron chi connectivity index (χ4n) is 3.69. The Hall–Kier alpha value is -2.90. The Labute approximate surface area is 170 Å². The zero-order valence-corrected chi connectivity index (χ0v) is 17.1. The number of carbonyl (C=O) groups is 3. The molecule has 8 nitrogen and oxygen atoms in total. The Morgan fingerprint density at radius 2 is 1.97 bits per heavy atom. The van der Waals surface area contributed by atoms with Gasteiger partial charge in [-0.1, -0.05) is 26.0 Å². The maximum absolute atomic E-state index is 12.8. The molecule has 1 aliphatic rings. The van der Waals surface area contributed by atoms with E-state index < -0.39 is 11.9 Å². The molecule has 3 unspecified atom stereocenters. The highest BCUT2D eigenvalue weighted by molar-refractivity contribution is 5.97. The Morgan fingerprint density at radius 3 is 2.62 bits per heavy atom. The van der Waals surface area contributed by atoms with Gasteiger partial charge in [0.25, 0.3) is 5.91 Å². The van der Waals surface area contributed by atoms with Crippen molar-refractivity contribution < 1.29 is 14.4 Å². The maximum Gasteiger partial charge on any atom is 0.287 e. The van der Waals surface area contributed by atoms with Crippen LogP contribution in [0.5, 0.6) is 0 Å².